The first-order valence-corrected chi connectivity index (χ1v) is 13.4. The molecular formula is C32H24N8O2. The molecule has 7 rings (SSSR count). The van der Waals surface area contributed by atoms with Gasteiger partial charge < -0.3 is 21.3 Å². The fourth-order valence-electron chi connectivity index (χ4n) is 4.84. The molecule has 2 aliphatic heterocycles. The zero-order valence-electron chi connectivity index (χ0n) is 22.2. The summed E-state index contributed by atoms with van der Waals surface area (Å²) in [5.74, 6) is 0.170. The lowest BCUT2D eigenvalue weighted by Gasteiger charge is -2.09. The van der Waals surface area contributed by atoms with Gasteiger partial charge in [0.25, 0.3) is 11.8 Å². The molecule has 0 bridgehead atoms. The molecular weight excluding hydrogens is 528 g/mol. The van der Waals surface area contributed by atoms with E-state index in [0.717, 1.165) is 22.1 Å². The van der Waals surface area contributed by atoms with Crippen molar-refractivity contribution in [3.8, 4) is 0 Å². The van der Waals surface area contributed by atoms with Gasteiger partial charge in [-0.05, 0) is 48.6 Å². The standard InChI is InChI=1S/C32H24N8O2/c41-29-25(37-31(39-29)35-21-7-3-1-4-8-21)17-23-15-13-19-11-12-20-14-16-24(34-28(20)27(19)33-23)18-26-30(42)40-32(38-26)36-22-9-5-2-6-10-22/h1-18,25-26H,(H2,35,37,39,41)(H2,36,38,40,42)/b23-17-,24-18-. The monoisotopic (exact) mass is 552 g/mol. The summed E-state index contributed by atoms with van der Waals surface area (Å²) in [4.78, 5) is 43.1. The Morgan fingerprint density at radius 3 is 1.38 bits per heavy atom. The van der Waals surface area contributed by atoms with E-state index in [0.29, 0.717) is 33.7 Å². The van der Waals surface area contributed by atoms with Crippen LogP contribution in [0.25, 0.3) is 34.0 Å². The highest BCUT2D eigenvalue weighted by molar-refractivity contribution is 6.12. The molecule has 2 unspecified atom stereocenters. The first-order chi connectivity index (χ1) is 20.6. The zero-order chi connectivity index (χ0) is 28.5. The van der Waals surface area contributed by atoms with Gasteiger partial charge in [-0.25, -0.2) is 9.97 Å². The molecule has 10 nitrogen and oxygen atoms in total. The number of anilines is 2. The quantitative estimate of drug-likeness (QED) is 0.250. The molecule has 4 N–H and O–H groups in total. The Balaban J connectivity index is 1.16. The van der Waals surface area contributed by atoms with E-state index in [1.807, 2.05) is 97.1 Å². The Labute approximate surface area is 239 Å². The molecule has 42 heavy (non-hydrogen) atoms. The molecule has 3 aromatic carbocycles. The number of benzene rings is 3. The van der Waals surface area contributed by atoms with Crippen LogP contribution < -0.4 is 32.0 Å². The van der Waals surface area contributed by atoms with Gasteiger partial charge in [0.15, 0.2) is 0 Å². The lowest BCUT2D eigenvalue weighted by Crippen LogP contribution is -2.35. The number of nitrogens with one attached hydrogen (secondary N) is 4. The number of nitrogens with zero attached hydrogens (tertiary/aromatic N) is 4. The molecule has 4 heterocycles. The van der Waals surface area contributed by atoms with E-state index in [-0.39, 0.29) is 11.8 Å². The Morgan fingerprint density at radius 1 is 0.548 bits per heavy atom. The average molecular weight is 553 g/mol. The van der Waals surface area contributed by atoms with Crippen LogP contribution in [0.1, 0.15) is 0 Å². The number of hydrogen-bond donors (Lipinski definition) is 4. The molecule has 0 fully saturated rings. The van der Waals surface area contributed by atoms with Crippen LogP contribution in [0.4, 0.5) is 11.4 Å². The van der Waals surface area contributed by atoms with Crippen LogP contribution in [0.3, 0.4) is 0 Å². The molecule has 0 aliphatic carbocycles. The first kappa shape index (κ1) is 25.1. The third-order valence-corrected chi connectivity index (χ3v) is 6.87. The van der Waals surface area contributed by atoms with Gasteiger partial charge >= 0.3 is 0 Å². The van der Waals surface area contributed by atoms with Crippen LogP contribution in [-0.4, -0.2) is 45.8 Å². The summed E-state index contributed by atoms with van der Waals surface area (Å²) in [5.41, 5.74) is 3.05. The summed E-state index contributed by atoms with van der Waals surface area (Å²) in [6.07, 6.45) is 3.50. The molecule has 2 amide bonds. The van der Waals surface area contributed by atoms with Gasteiger partial charge in [-0.3, -0.25) is 9.59 Å². The van der Waals surface area contributed by atoms with E-state index in [1.54, 1.807) is 12.2 Å². The van der Waals surface area contributed by atoms with Crippen LogP contribution in [-0.2, 0) is 9.59 Å². The summed E-state index contributed by atoms with van der Waals surface area (Å²) in [7, 11) is 0. The van der Waals surface area contributed by atoms with Gasteiger partial charge in [-0.2, -0.15) is 9.98 Å². The number of para-hydroxylation sites is 2. The lowest BCUT2D eigenvalue weighted by atomic mass is 10.1. The SMILES string of the molecule is O=C1N=C(Nc2ccccc2)NC1/C=c1/ccc2ccc3cc/c(=C/C4NC(Nc5ccccc5)=NC4=O)nc3c2n1. The van der Waals surface area contributed by atoms with E-state index >= 15 is 0 Å². The van der Waals surface area contributed by atoms with Crippen LogP contribution in [0.2, 0.25) is 0 Å². The molecule has 2 aromatic heterocycles. The van der Waals surface area contributed by atoms with E-state index in [9.17, 15) is 9.59 Å². The molecule has 2 atom stereocenters. The summed E-state index contributed by atoms with van der Waals surface area (Å²) in [5, 5.41) is 15.5. The van der Waals surface area contributed by atoms with Crippen LogP contribution in [0.5, 0.6) is 0 Å². The molecule has 0 saturated carbocycles. The number of rotatable bonds is 4. The summed E-state index contributed by atoms with van der Waals surface area (Å²) in [6, 6.07) is 29.3. The van der Waals surface area contributed by atoms with E-state index in [4.69, 9.17) is 9.97 Å². The second-order valence-electron chi connectivity index (χ2n) is 9.84. The normalized spacial score (nSPS) is 19.0. The predicted molar refractivity (Wildman–Crippen MR) is 164 cm³/mol. The maximum absolute atomic E-state index is 12.6. The Kier molecular flexibility index (Phi) is 6.32. The zero-order valence-corrected chi connectivity index (χ0v) is 22.2. The maximum atomic E-state index is 12.6. The molecule has 204 valence electrons. The van der Waals surface area contributed by atoms with Crippen LogP contribution in [0, 0.1) is 0 Å². The Morgan fingerprint density at radius 2 is 0.952 bits per heavy atom. The average Bonchev–Trinajstić information content (AvgIpc) is 3.53. The van der Waals surface area contributed by atoms with Crippen LogP contribution >= 0.6 is 0 Å². The highest BCUT2D eigenvalue weighted by Gasteiger charge is 2.25. The van der Waals surface area contributed by atoms with Crippen molar-refractivity contribution in [2.24, 2.45) is 9.98 Å². The number of aliphatic imine (C=N–C) groups is 2. The number of guanidine groups is 2. The summed E-state index contributed by atoms with van der Waals surface area (Å²) >= 11 is 0. The molecule has 5 aromatic rings. The highest BCUT2D eigenvalue weighted by Crippen LogP contribution is 2.19. The Bertz CT molecular complexity index is 1890. The largest absolute Gasteiger partial charge is 0.340 e. The smallest absolute Gasteiger partial charge is 0.275 e. The van der Waals surface area contributed by atoms with Gasteiger partial charge in [0.2, 0.25) is 11.9 Å². The number of hydrogen-bond acceptors (Lipinski definition) is 8. The topological polar surface area (TPSA) is 133 Å². The van der Waals surface area contributed by atoms with Crippen molar-refractivity contribution in [2.75, 3.05) is 10.6 Å². The van der Waals surface area contributed by atoms with Crippen molar-refractivity contribution in [1.82, 2.24) is 20.6 Å². The molecule has 10 heteroatoms. The van der Waals surface area contributed by atoms with Gasteiger partial charge in [-0.15, -0.1) is 0 Å². The first-order valence-electron chi connectivity index (χ1n) is 13.4. The minimum Gasteiger partial charge on any atom is -0.340 e. The maximum Gasteiger partial charge on any atom is 0.275 e. The number of carbonyl (C=O) groups is 2. The van der Waals surface area contributed by atoms with Crippen molar-refractivity contribution in [3.63, 3.8) is 0 Å². The number of pyridine rings is 2. The fourth-order valence-corrected chi connectivity index (χ4v) is 4.84. The van der Waals surface area contributed by atoms with Gasteiger partial charge in [-0.1, -0.05) is 60.7 Å². The van der Waals surface area contributed by atoms with E-state index in [2.05, 4.69) is 31.3 Å². The number of amides is 2. The predicted octanol–water partition coefficient (Wildman–Crippen LogP) is 2.28. The van der Waals surface area contributed by atoms with Crippen molar-refractivity contribution in [2.45, 2.75) is 12.1 Å². The highest BCUT2D eigenvalue weighted by atomic mass is 16.2. The second-order valence-corrected chi connectivity index (χ2v) is 9.84. The van der Waals surface area contributed by atoms with E-state index < -0.39 is 12.1 Å². The van der Waals surface area contributed by atoms with Gasteiger partial charge in [0, 0.05) is 22.1 Å². The van der Waals surface area contributed by atoms with Gasteiger partial charge in [0.1, 0.15) is 12.1 Å². The minimum atomic E-state index is -0.647. The molecule has 0 radical (unpaired) electrons. The minimum absolute atomic E-state index is 0.305. The van der Waals surface area contributed by atoms with Gasteiger partial charge in [0.05, 0.1) is 21.7 Å². The Hall–Kier alpha value is -5.90. The summed E-state index contributed by atoms with van der Waals surface area (Å²) < 4.78 is 0. The number of aromatic nitrogens is 2. The second kappa shape index (κ2) is 10.6. The lowest BCUT2D eigenvalue weighted by molar-refractivity contribution is -0.118. The van der Waals surface area contributed by atoms with Crippen molar-refractivity contribution < 1.29 is 9.59 Å². The van der Waals surface area contributed by atoms with Crippen molar-refractivity contribution >= 4 is 69.1 Å². The fraction of sp³-hybridized carbons (Fsp3) is 0.0625. The third kappa shape index (κ3) is 5.16. The molecule has 0 saturated heterocycles. The van der Waals surface area contributed by atoms with E-state index in [1.165, 1.54) is 0 Å². The number of fused-ring (bicyclic) bond motifs is 3. The summed E-state index contributed by atoms with van der Waals surface area (Å²) in [6.45, 7) is 0. The number of carbonyl (C=O) groups excluding carboxylic acids is 2. The molecule has 0 spiro atoms. The third-order valence-electron chi connectivity index (χ3n) is 6.87. The molecule has 2 aliphatic rings. The van der Waals surface area contributed by atoms with Crippen LogP contribution in [0.15, 0.2) is 107 Å². The van der Waals surface area contributed by atoms with Crippen molar-refractivity contribution in [3.05, 3.63) is 108 Å². The van der Waals surface area contributed by atoms with Crippen molar-refractivity contribution in [1.29, 1.82) is 0 Å².